The highest BCUT2D eigenvalue weighted by Crippen LogP contribution is 2.59. The molecule has 2 aliphatic heterocycles. The Labute approximate surface area is 259 Å². The van der Waals surface area contributed by atoms with Crippen LogP contribution in [0.2, 0.25) is 0 Å². The predicted molar refractivity (Wildman–Crippen MR) is 160 cm³/mol. The summed E-state index contributed by atoms with van der Waals surface area (Å²) in [6.45, 7) is 5.30. The minimum atomic E-state index is -4.31. The zero-order valence-electron chi connectivity index (χ0n) is 25.3. The third kappa shape index (κ3) is 6.18. The minimum absolute atomic E-state index is 0.0738. The Morgan fingerprint density at radius 1 is 1.09 bits per heavy atom. The summed E-state index contributed by atoms with van der Waals surface area (Å²) >= 11 is 0. The SMILES string of the molecule is CN1CCC[C@H]2CN(c3nc(-n4ccc(OCCC5(C(F)(F)F)CC5)n4)ccc3C(=O)NS(=O)(=O)c3cccc1n3)C(C)(C)C2. The summed E-state index contributed by atoms with van der Waals surface area (Å²) in [5, 5.41) is 4.08. The summed E-state index contributed by atoms with van der Waals surface area (Å²) in [5.41, 5.74) is -1.98. The Morgan fingerprint density at radius 3 is 2.60 bits per heavy atom. The first-order chi connectivity index (χ1) is 21.2. The van der Waals surface area contributed by atoms with Gasteiger partial charge in [-0.3, -0.25) is 4.79 Å². The van der Waals surface area contributed by atoms with Gasteiger partial charge in [-0.1, -0.05) is 6.07 Å². The van der Waals surface area contributed by atoms with Gasteiger partial charge in [0.2, 0.25) is 5.88 Å². The van der Waals surface area contributed by atoms with Crippen molar-refractivity contribution in [3.8, 4) is 11.7 Å². The second kappa shape index (κ2) is 11.2. The molecule has 1 amide bonds. The first-order valence-corrected chi connectivity index (χ1v) is 16.5. The monoisotopic (exact) mass is 647 g/mol. The molecule has 242 valence electrons. The fourth-order valence-corrected chi connectivity index (χ4v) is 7.25. The van der Waals surface area contributed by atoms with E-state index in [9.17, 15) is 26.4 Å². The van der Waals surface area contributed by atoms with Crippen LogP contribution in [0.1, 0.15) is 62.7 Å². The molecule has 3 aliphatic rings. The molecule has 5 heterocycles. The average molecular weight is 648 g/mol. The number of hydrogen-bond donors (Lipinski definition) is 1. The van der Waals surface area contributed by atoms with Gasteiger partial charge >= 0.3 is 6.18 Å². The van der Waals surface area contributed by atoms with Crippen LogP contribution in [0.4, 0.5) is 24.8 Å². The maximum Gasteiger partial charge on any atom is 0.394 e. The first kappa shape index (κ1) is 31.1. The van der Waals surface area contributed by atoms with E-state index in [0.717, 1.165) is 19.3 Å². The fourth-order valence-electron chi connectivity index (χ4n) is 6.32. The van der Waals surface area contributed by atoms with Crippen LogP contribution in [0.15, 0.2) is 47.6 Å². The molecule has 3 aromatic rings. The van der Waals surface area contributed by atoms with Crippen molar-refractivity contribution in [1.82, 2.24) is 24.5 Å². The van der Waals surface area contributed by atoms with Crippen LogP contribution < -0.4 is 19.3 Å². The number of alkyl halides is 3. The third-order valence-corrected chi connectivity index (χ3v) is 10.3. The van der Waals surface area contributed by atoms with Gasteiger partial charge in [-0.2, -0.15) is 21.6 Å². The maximum absolute atomic E-state index is 13.6. The molecule has 11 nitrogen and oxygen atoms in total. The van der Waals surface area contributed by atoms with Crippen molar-refractivity contribution >= 4 is 27.6 Å². The van der Waals surface area contributed by atoms with Gasteiger partial charge in [-0.25, -0.2) is 19.4 Å². The number of anilines is 2. The van der Waals surface area contributed by atoms with Gasteiger partial charge in [0.1, 0.15) is 11.6 Å². The number of amides is 1. The van der Waals surface area contributed by atoms with Gasteiger partial charge in [0.05, 0.1) is 17.6 Å². The molecule has 2 fully saturated rings. The van der Waals surface area contributed by atoms with Crippen LogP contribution in [0.3, 0.4) is 0 Å². The molecule has 4 bridgehead atoms. The van der Waals surface area contributed by atoms with E-state index in [4.69, 9.17) is 9.72 Å². The van der Waals surface area contributed by atoms with Crippen LogP contribution in [0.5, 0.6) is 5.88 Å². The molecule has 0 spiro atoms. The lowest BCUT2D eigenvalue weighted by Crippen LogP contribution is -2.41. The molecule has 3 aromatic heterocycles. The summed E-state index contributed by atoms with van der Waals surface area (Å²) in [5.74, 6) is 0.744. The molecular weight excluding hydrogens is 611 g/mol. The van der Waals surface area contributed by atoms with E-state index in [2.05, 4.69) is 28.7 Å². The lowest BCUT2D eigenvalue weighted by Gasteiger charge is -2.34. The zero-order valence-corrected chi connectivity index (χ0v) is 26.2. The van der Waals surface area contributed by atoms with Crippen molar-refractivity contribution in [3.05, 3.63) is 48.2 Å². The van der Waals surface area contributed by atoms with E-state index in [1.165, 1.54) is 28.9 Å². The summed E-state index contributed by atoms with van der Waals surface area (Å²) in [4.78, 5) is 26.7. The number of carbonyl (C=O) groups is 1. The van der Waals surface area contributed by atoms with Crippen molar-refractivity contribution < 1.29 is 31.1 Å². The number of sulfonamides is 1. The highest BCUT2D eigenvalue weighted by Gasteiger charge is 2.62. The molecule has 6 rings (SSSR count). The first-order valence-electron chi connectivity index (χ1n) is 15.0. The zero-order chi connectivity index (χ0) is 32.2. The highest BCUT2D eigenvalue weighted by molar-refractivity contribution is 7.90. The number of carbonyl (C=O) groups excluding carboxylic acids is 1. The summed E-state index contributed by atoms with van der Waals surface area (Å²) in [7, 11) is -2.45. The predicted octanol–water partition coefficient (Wildman–Crippen LogP) is 4.73. The number of rotatable bonds is 5. The van der Waals surface area contributed by atoms with E-state index in [-0.39, 0.29) is 42.3 Å². The van der Waals surface area contributed by atoms with Gasteiger partial charge < -0.3 is 14.5 Å². The van der Waals surface area contributed by atoms with Crippen molar-refractivity contribution in [1.29, 1.82) is 0 Å². The van der Waals surface area contributed by atoms with Gasteiger partial charge in [-0.15, -0.1) is 5.10 Å². The van der Waals surface area contributed by atoms with Gasteiger partial charge in [0.15, 0.2) is 10.8 Å². The minimum Gasteiger partial charge on any atom is -0.477 e. The molecule has 1 N–H and O–H groups in total. The number of pyridine rings is 2. The Kier molecular flexibility index (Phi) is 7.73. The highest BCUT2D eigenvalue weighted by atomic mass is 32.2. The van der Waals surface area contributed by atoms with Crippen molar-refractivity contribution in [2.75, 3.05) is 36.5 Å². The number of nitrogens with one attached hydrogen (secondary N) is 1. The van der Waals surface area contributed by atoms with E-state index in [0.29, 0.717) is 36.5 Å². The quantitative estimate of drug-likeness (QED) is 0.419. The van der Waals surface area contributed by atoms with Crippen molar-refractivity contribution in [2.45, 2.75) is 69.1 Å². The molecule has 1 atom stereocenters. The second-order valence-corrected chi connectivity index (χ2v) is 14.5. The van der Waals surface area contributed by atoms with E-state index in [1.807, 2.05) is 16.8 Å². The molecule has 1 aliphatic carbocycles. The average Bonchev–Trinajstić information content (AvgIpc) is 3.53. The topological polar surface area (TPSA) is 123 Å². The Bertz CT molecular complexity index is 1710. The normalized spacial score (nSPS) is 22.2. The molecule has 1 saturated heterocycles. The van der Waals surface area contributed by atoms with Crippen LogP contribution in [-0.4, -0.2) is 72.5 Å². The Morgan fingerprint density at radius 2 is 1.87 bits per heavy atom. The van der Waals surface area contributed by atoms with Gasteiger partial charge in [0, 0.05) is 37.9 Å². The molecule has 0 aromatic carbocycles. The van der Waals surface area contributed by atoms with E-state index >= 15 is 0 Å². The third-order valence-electron chi connectivity index (χ3n) is 9.11. The van der Waals surface area contributed by atoms with Crippen molar-refractivity contribution in [2.24, 2.45) is 11.3 Å². The standard InChI is InChI=1S/C30H36F3N7O4S/c1-28(2)18-20-6-5-15-38(3)22-7-4-8-25(34-22)45(42,43)37-27(41)21-9-10-23(35-26(21)39(28)19-20)40-16-11-24(36-40)44-17-14-29(12-13-29)30(31,32)33/h4,7-11,16,20H,5-6,12-15,17-19H2,1-3H3,(H,37,41)/t20-/m1/s1. The largest absolute Gasteiger partial charge is 0.477 e. The molecule has 15 heteroatoms. The summed E-state index contributed by atoms with van der Waals surface area (Å²) in [6, 6.07) is 9.25. The lowest BCUT2D eigenvalue weighted by molar-refractivity contribution is -0.190. The number of nitrogens with zero attached hydrogens (tertiary/aromatic N) is 6. The van der Waals surface area contributed by atoms with Crippen molar-refractivity contribution in [3.63, 3.8) is 0 Å². The number of hydrogen-bond acceptors (Lipinski definition) is 9. The van der Waals surface area contributed by atoms with Crippen LogP contribution in [-0.2, 0) is 10.0 Å². The summed E-state index contributed by atoms with van der Waals surface area (Å²) < 4.78 is 75.5. The smallest absolute Gasteiger partial charge is 0.394 e. The van der Waals surface area contributed by atoms with Gasteiger partial charge in [0.25, 0.3) is 15.9 Å². The second-order valence-electron chi connectivity index (χ2n) is 12.8. The number of aromatic nitrogens is 4. The summed E-state index contributed by atoms with van der Waals surface area (Å²) in [6.07, 6.45) is 0.0184. The molecular formula is C30H36F3N7O4S. The van der Waals surface area contributed by atoms with Crippen LogP contribution in [0, 0.1) is 11.3 Å². The Hall–Kier alpha value is -3.88. The molecule has 0 unspecified atom stereocenters. The number of ether oxygens (including phenoxy) is 1. The number of halogens is 3. The van der Waals surface area contributed by atoms with Gasteiger partial charge in [-0.05, 0) is 82.6 Å². The number of fused-ring (bicyclic) bond motifs is 6. The van der Waals surface area contributed by atoms with E-state index < -0.39 is 33.1 Å². The van der Waals surface area contributed by atoms with Crippen LogP contribution >= 0.6 is 0 Å². The maximum atomic E-state index is 13.6. The molecule has 45 heavy (non-hydrogen) atoms. The Balaban J connectivity index is 1.31. The molecule has 1 saturated carbocycles. The molecule has 0 radical (unpaired) electrons. The lowest BCUT2D eigenvalue weighted by atomic mass is 9.93. The fraction of sp³-hybridized carbons (Fsp3) is 0.533. The van der Waals surface area contributed by atoms with Crippen LogP contribution in [0.25, 0.3) is 5.82 Å². The van der Waals surface area contributed by atoms with E-state index in [1.54, 1.807) is 18.3 Å².